The molecule has 2 aliphatic rings. The molecule has 16 heavy (non-hydrogen) atoms. The average Bonchev–Trinajstić information content (AvgIpc) is 2.91. The van der Waals surface area contributed by atoms with E-state index in [0.29, 0.717) is 0 Å². The first-order valence-corrected chi connectivity index (χ1v) is 6.75. The van der Waals surface area contributed by atoms with Crippen LogP contribution >= 0.6 is 0 Å². The van der Waals surface area contributed by atoms with Crippen molar-refractivity contribution in [2.24, 2.45) is 11.8 Å². The SMILES string of the molecule is C1CCC(COCC2CCCC2)C1.CC#N. The van der Waals surface area contributed by atoms with E-state index in [1.807, 2.05) is 0 Å². The van der Waals surface area contributed by atoms with Gasteiger partial charge in [-0.15, -0.1) is 0 Å². The third kappa shape index (κ3) is 5.51. The molecule has 0 bridgehead atoms. The lowest BCUT2D eigenvalue weighted by Crippen LogP contribution is -2.11. The topological polar surface area (TPSA) is 33.0 Å². The van der Waals surface area contributed by atoms with E-state index >= 15 is 0 Å². The largest absolute Gasteiger partial charge is 0.381 e. The highest BCUT2D eigenvalue weighted by molar-refractivity contribution is 4.69. The zero-order valence-corrected chi connectivity index (χ0v) is 10.6. The van der Waals surface area contributed by atoms with Crippen molar-refractivity contribution in [2.45, 2.75) is 58.3 Å². The molecule has 2 saturated carbocycles. The smallest absolute Gasteiger partial charge is 0.0587 e. The molecule has 0 atom stereocenters. The summed E-state index contributed by atoms with van der Waals surface area (Å²) in [5, 5.41) is 7.32. The maximum atomic E-state index is 7.32. The van der Waals surface area contributed by atoms with Crippen LogP contribution in [0.25, 0.3) is 0 Å². The van der Waals surface area contributed by atoms with Crippen molar-refractivity contribution in [3.05, 3.63) is 0 Å². The van der Waals surface area contributed by atoms with Crippen LogP contribution in [0, 0.1) is 23.2 Å². The molecule has 0 amide bonds. The molecule has 2 fully saturated rings. The molecular weight excluding hydrogens is 198 g/mol. The molecule has 2 aliphatic carbocycles. The van der Waals surface area contributed by atoms with Gasteiger partial charge in [-0.1, -0.05) is 25.7 Å². The Morgan fingerprint density at radius 1 is 0.938 bits per heavy atom. The zero-order chi connectivity index (χ0) is 11.6. The second kappa shape index (κ2) is 8.58. The molecule has 0 aromatic carbocycles. The quantitative estimate of drug-likeness (QED) is 0.724. The van der Waals surface area contributed by atoms with Crippen molar-refractivity contribution in [2.75, 3.05) is 13.2 Å². The van der Waals surface area contributed by atoms with Crippen LogP contribution < -0.4 is 0 Å². The highest BCUT2D eigenvalue weighted by Crippen LogP contribution is 2.27. The average molecular weight is 223 g/mol. The summed E-state index contributed by atoms with van der Waals surface area (Å²) in [5.74, 6) is 1.81. The molecule has 0 heterocycles. The van der Waals surface area contributed by atoms with Crippen LogP contribution in [0.5, 0.6) is 0 Å². The lowest BCUT2D eigenvalue weighted by atomic mass is 10.1. The summed E-state index contributed by atoms with van der Waals surface area (Å²) < 4.78 is 5.80. The van der Waals surface area contributed by atoms with Gasteiger partial charge in [-0.05, 0) is 37.5 Å². The molecule has 0 saturated heterocycles. The fourth-order valence-corrected chi connectivity index (χ4v) is 2.76. The van der Waals surface area contributed by atoms with E-state index in [-0.39, 0.29) is 0 Å². The predicted octanol–water partition coefficient (Wildman–Crippen LogP) is 3.91. The summed E-state index contributed by atoms with van der Waals surface area (Å²) >= 11 is 0. The number of hydrogen-bond acceptors (Lipinski definition) is 2. The van der Waals surface area contributed by atoms with Crippen LogP contribution in [-0.2, 0) is 4.74 Å². The maximum absolute atomic E-state index is 7.32. The summed E-state index contributed by atoms with van der Waals surface area (Å²) in [6.45, 7) is 3.53. The van der Waals surface area contributed by atoms with Crippen LogP contribution in [0.4, 0.5) is 0 Å². The summed E-state index contributed by atoms with van der Waals surface area (Å²) in [6, 6.07) is 1.75. The van der Waals surface area contributed by atoms with Crippen LogP contribution in [0.3, 0.4) is 0 Å². The van der Waals surface area contributed by atoms with Crippen molar-refractivity contribution in [3.8, 4) is 6.07 Å². The van der Waals surface area contributed by atoms with Gasteiger partial charge in [-0.3, -0.25) is 0 Å². The first-order valence-electron chi connectivity index (χ1n) is 6.75. The fourth-order valence-electron chi connectivity index (χ4n) is 2.76. The van der Waals surface area contributed by atoms with E-state index in [9.17, 15) is 0 Å². The van der Waals surface area contributed by atoms with Gasteiger partial charge < -0.3 is 4.74 Å². The monoisotopic (exact) mass is 223 g/mol. The van der Waals surface area contributed by atoms with Gasteiger partial charge in [0.2, 0.25) is 0 Å². The van der Waals surface area contributed by atoms with E-state index in [0.717, 1.165) is 25.0 Å². The van der Waals surface area contributed by atoms with E-state index in [1.165, 1.54) is 58.3 Å². The summed E-state index contributed by atoms with van der Waals surface area (Å²) in [4.78, 5) is 0. The Balaban J connectivity index is 0.000000386. The minimum Gasteiger partial charge on any atom is -0.381 e. The molecule has 0 aliphatic heterocycles. The Kier molecular flexibility index (Phi) is 7.25. The number of ether oxygens (including phenoxy) is 1. The van der Waals surface area contributed by atoms with Crippen LogP contribution in [-0.4, -0.2) is 13.2 Å². The molecule has 0 aromatic rings. The molecule has 0 unspecified atom stereocenters. The molecule has 2 nitrogen and oxygen atoms in total. The molecule has 0 N–H and O–H groups in total. The van der Waals surface area contributed by atoms with Gasteiger partial charge in [0.05, 0.1) is 6.07 Å². The number of nitrogens with zero attached hydrogens (tertiary/aromatic N) is 1. The van der Waals surface area contributed by atoms with Gasteiger partial charge in [0, 0.05) is 20.1 Å². The lowest BCUT2D eigenvalue weighted by molar-refractivity contribution is 0.0743. The number of hydrogen-bond donors (Lipinski definition) is 0. The van der Waals surface area contributed by atoms with Gasteiger partial charge in [-0.25, -0.2) is 0 Å². The van der Waals surface area contributed by atoms with Gasteiger partial charge in [0.25, 0.3) is 0 Å². The molecule has 0 aromatic heterocycles. The second-order valence-corrected chi connectivity index (χ2v) is 5.06. The fraction of sp³-hybridized carbons (Fsp3) is 0.929. The second-order valence-electron chi connectivity index (χ2n) is 5.06. The highest BCUT2D eigenvalue weighted by atomic mass is 16.5. The minimum absolute atomic E-state index is 0.904. The predicted molar refractivity (Wildman–Crippen MR) is 66.0 cm³/mol. The summed E-state index contributed by atoms with van der Waals surface area (Å²) in [5.41, 5.74) is 0. The Bertz CT molecular complexity index is 181. The molecule has 0 spiro atoms. The van der Waals surface area contributed by atoms with Crippen LogP contribution in [0.2, 0.25) is 0 Å². The first-order chi connectivity index (χ1) is 7.86. The highest BCUT2D eigenvalue weighted by Gasteiger charge is 2.18. The van der Waals surface area contributed by atoms with E-state index in [1.54, 1.807) is 6.07 Å². The first kappa shape index (κ1) is 13.5. The Morgan fingerprint density at radius 3 is 1.56 bits per heavy atom. The van der Waals surface area contributed by atoms with E-state index in [2.05, 4.69) is 0 Å². The van der Waals surface area contributed by atoms with Crippen LogP contribution in [0.15, 0.2) is 0 Å². The zero-order valence-electron chi connectivity index (χ0n) is 10.6. The van der Waals surface area contributed by atoms with Gasteiger partial charge in [-0.2, -0.15) is 5.26 Å². The van der Waals surface area contributed by atoms with Gasteiger partial charge in [0.1, 0.15) is 0 Å². The molecular formula is C14H25NO. The maximum Gasteiger partial charge on any atom is 0.0587 e. The van der Waals surface area contributed by atoms with Crippen molar-refractivity contribution < 1.29 is 4.74 Å². The van der Waals surface area contributed by atoms with Crippen molar-refractivity contribution >= 4 is 0 Å². The van der Waals surface area contributed by atoms with Gasteiger partial charge >= 0.3 is 0 Å². The van der Waals surface area contributed by atoms with Crippen molar-refractivity contribution in [1.82, 2.24) is 0 Å². The van der Waals surface area contributed by atoms with E-state index in [4.69, 9.17) is 10.00 Å². The third-order valence-corrected chi connectivity index (χ3v) is 3.66. The normalized spacial score (nSPS) is 21.5. The molecule has 2 heteroatoms. The standard InChI is InChI=1S/C12H22O.C2H3N/c1-2-6-11(5-1)9-13-10-12-7-3-4-8-12;1-2-3/h11-12H,1-10H2;1H3. The summed E-state index contributed by atoms with van der Waals surface area (Å²) in [6.07, 6.45) is 11.5. The lowest BCUT2D eigenvalue weighted by Gasteiger charge is -2.13. The Hall–Kier alpha value is -0.550. The minimum atomic E-state index is 0.904. The Morgan fingerprint density at radius 2 is 1.25 bits per heavy atom. The molecule has 0 radical (unpaired) electrons. The molecule has 2 rings (SSSR count). The van der Waals surface area contributed by atoms with Crippen LogP contribution in [0.1, 0.15) is 58.3 Å². The summed E-state index contributed by atoms with van der Waals surface area (Å²) in [7, 11) is 0. The van der Waals surface area contributed by atoms with Crippen molar-refractivity contribution in [1.29, 1.82) is 5.26 Å². The number of nitriles is 1. The molecule has 92 valence electrons. The third-order valence-electron chi connectivity index (χ3n) is 3.66. The number of rotatable bonds is 4. The Labute approximate surface area is 100.0 Å². The van der Waals surface area contributed by atoms with Crippen molar-refractivity contribution in [3.63, 3.8) is 0 Å². The van der Waals surface area contributed by atoms with Gasteiger partial charge in [0.15, 0.2) is 0 Å². The van der Waals surface area contributed by atoms with E-state index < -0.39 is 0 Å².